The quantitative estimate of drug-likeness (QED) is 0.495. The highest BCUT2D eigenvalue weighted by atomic mass is 127. The summed E-state index contributed by atoms with van der Waals surface area (Å²) in [7, 11) is 0. The highest BCUT2D eigenvalue weighted by Crippen LogP contribution is 2.32. The van der Waals surface area contributed by atoms with E-state index in [0.717, 1.165) is 14.3 Å². The lowest BCUT2D eigenvalue weighted by molar-refractivity contribution is 0.907. The Morgan fingerprint density at radius 2 is 1.95 bits per heavy atom. The van der Waals surface area contributed by atoms with E-state index >= 15 is 0 Å². The number of hydrogen-bond acceptors (Lipinski definition) is 2. The van der Waals surface area contributed by atoms with Crippen LogP contribution in [0.4, 0.5) is 5.69 Å². The van der Waals surface area contributed by atoms with Crippen molar-refractivity contribution in [1.29, 1.82) is 0 Å². The van der Waals surface area contributed by atoms with Crippen LogP contribution >= 0.6 is 45.5 Å². The lowest BCUT2D eigenvalue weighted by atomic mass is 10.2. The Morgan fingerprint density at radius 1 is 1.15 bits per heavy atom. The van der Waals surface area contributed by atoms with E-state index in [1.807, 2.05) is 29.5 Å². The molecular weight excluding hydrogens is 401 g/mol. The smallest absolute Gasteiger partial charge is 0.0579 e. The third-order valence-electron chi connectivity index (χ3n) is 3.17. The van der Waals surface area contributed by atoms with E-state index in [0.29, 0.717) is 0 Å². The van der Waals surface area contributed by atoms with Crippen LogP contribution in [0.15, 0.2) is 48.5 Å². The van der Waals surface area contributed by atoms with Gasteiger partial charge in [0.1, 0.15) is 0 Å². The molecule has 1 atom stereocenters. The fourth-order valence-corrected chi connectivity index (χ4v) is 4.22. The van der Waals surface area contributed by atoms with E-state index in [2.05, 4.69) is 65.2 Å². The van der Waals surface area contributed by atoms with Crippen molar-refractivity contribution in [3.63, 3.8) is 0 Å². The highest BCUT2D eigenvalue weighted by molar-refractivity contribution is 14.1. The molecule has 1 N–H and O–H groups in total. The zero-order valence-electron chi connectivity index (χ0n) is 10.9. The monoisotopic (exact) mass is 413 g/mol. The largest absolute Gasteiger partial charge is 0.377 e. The average molecular weight is 414 g/mol. The molecule has 3 rings (SSSR count). The fourth-order valence-electron chi connectivity index (χ4n) is 2.13. The minimum Gasteiger partial charge on any atom is -0.377 e. The zero-order chi connectivity index (χ0) is 14.1. The maximum absolute atomic E-state index is 5.99. The van der Waals surface area contributed by atoms with Gasteiger partial charge in [-0.05, 0) is 65.2 Å². The van der Waals surface area contributed by atoms with Gasteiger partial charge in [0.25, 0.3) is 0 Å². The minimum absolute atomic E-state index is 0.280. The van der Waals surface area contributed by atoms with Crippen LogP contribution in [-0.4, -0.2) is 0 Å². The number of fused-ring (bicyclic) bond motifs is 1. The molecule has 1 unspecified atom stereocenters. The van der Waals surface area contributed by atoms with Gasteiger partial charge in [0.2, 0.25) is 0 Å². The van der Waals surface area contributed by atoms with E-state index < -0.39 is 0 Å². The number of hydrogen-bond donors (Lipinski definition) is 1. The van der Waals surface area contributed by atoms with Gasteiger partial charge in [0, 0.05) is 23.9 Å². The van der Waals surface area contributed by atoms with E-state index in [1.165, 1.54) is 15.0 Å². The van der Waals surface area contributed by atoms with Crippen molar-refractivity contribution in [2.45, 2.75) is 13.0 Å². The molecule has 2 aromatic carbocycles. The maximum atomic E-state index is 5.99. The molecule has 0 saturated carbocycles. The molecule has 1 heterocycles. The van der Waals surface area contributed by atoms with Crippen molar-refractivity contribution < 1.29 is 0 Å². The standard InChI is InChI=1S/C16H13ClINS/c1-10(19-14-7-6-12(17)9-13(14)18)16-8-11-4-2-3-5-15(11)20-16/h2-10,19H,1H3. The SMILES string of the molecule is CC(Nc1ccc(Cl)cc1I)c1cc2ccccc2s1. The molecule has 3 aromatic rings. The highest BCUT2D eigenvalue weighted by Gasteiger charge is 2.11. The summed E-state index contributed by atoms with van der Waals surface area (Å²) in [4.78, 5) is 1.34. The molecule has 102 valence electrons. The van der Waals surface area contributed by atoms with Gasteiger partial charge in [-0.3, -0.25) is 0 Å². The van der Waals surface area contributed by atoms with E-state index in [4.69, 9.17) is 11.6 Å². The van der Waals surface area contributed by atoms with Crippen LogP contribution in [0.25, 0.3) is 10.1 Å². The molecule has 20 heavy (non-hydrogen) atoms. The van der Waals surface area contributed by atoms with Crippen LogP contribution in [0.3, 0.4) is 0 Å². The van der Waals surface area contributed by atoms with Crippen molar-refractivity contribution in [3.8, 4) is 0 Å². The number of anilines is 1. The Morgan fingerprint density at radius 3 is 2.70 bits per heavy atom. The number of benzene rings is 2. The first-order valence-electron chi connectivity index (χ1n) is 6.33. The molecule has 4 heteroatoms. The first kappa shape index (κ1) is 14.2. The number of thiophene rings is 1. The Balaban J connectivity index is 1.86. The fraction of sp³-hybridized carbons (Fsp3) is 0.125. The second kappa shape index (κ2) is 5.92. The van der Waals surface area contributed by atoms with Crippen LogP contribution in [0.2, 0.25) is 5.02 Å². The van der Waals surface area contributed by atoms with Crippen LogP contribution < -0.4 is 5.32 Å². The second-order valence-corrected chi connectivity index (χ2v) is 7.39. The Bertz CT molecular complexity index is 720. The van der Waals surface area contributed by atoms with Gasteiger partial charge in [0.15, 0.2) is 0 Å². The van der Waals surface area contributed by atoms with E-state index in [9.17, 15) is 0 Å². The van der Waals surface area contributed by atoms with Crippen molar-refractivity contribution in [1.82, 2.24) is 0 Å². The molecule has 0 aliphatic carbocycles. The van der Waals surface area contributed by atoms with E-state index in [-0.39, 0.29) is 6.04 Å². The molecule has 0 aliphatic rings. The predicted molar refractivity (Wildman–Crippen MR) is 98.0 cm³/mol. The molecule has 0 saturated heterocycles. The van der Waals surface area contributed by atoms with Gasteiger partial charge >= 0.3 is 0 Å². The van der Waals surface area contributed by atoms with Crippen LogP contribution in [0.1, 0.15) is 17.8 Å². The van der Waals surface area contributed by atoms with Crippen molar-refractivity contribution in [2.75, 3.05) is 5.32 Å². The first-order chi connectivity index (χ1) is 9.63. The summed E-state index contributed by atoms with van der Waals surface area (Å²) in [5, 5.41) is 5.64. The summed E-state index contributed by atoms with van der Waals surface area (Å²) in [5.74, 6) is 0. The van der Waals surface area contributed by atoms with Gasteiger partial charge in [0.05, 0.1) is 6.04 Å². The van der Waals surface area contributed by atoms with Crippen LogP contribution in [0, 0.1) is 3.57 Å². The molecule has 0 amide bonds. The topological polar surface area (TPSA) is 12.0 Å². The van der Waals surface area contributed by atoms with Gasteiger partial charge < -0.3 is 5.32 Å². The molecule has 0 radical (unpaired) electrons. The second-order valence-electron chi connectivity index (χ2n) is 4.68. The van der Waals surface area contributed by atoms with Gasteiger partial charge in [-0.1, -0.05) is 29.8 Å². The summed E-state index contributed by atoms with van der Waals surface area (Å²) in [6.45, 7) is 2.19. The molecule has 1 aromatic heterocycles. The summed E-state index contributed by atoms with van der Waals surface area (Å²) >= 11 is 10.1. The average Bonchev–Trinajstić information content (AvgIpc) is 2.86. The maximum Gasteiger partial charge on any atom is 0.0579 e. The lowest BCUT2D eigenvalue weighted by Crippen LogP contribution is -2.05. The van der Waals surface area contributed by atoms with Gasteiger partial charge in [-0.25, -0.2) is 0 Å². The number of nitrogens with one attached hydrogen (secondary N) is 1. The van der Waals surface area contributed by atoms with Crippen LogP contribution in [0.5, 0.6) is 0 Å². The summed E-state index contributed by atoms with van der Waals surface area (Å²) < 4.78 is 2.48. The zero-order valence-corrected chi connectivity index (χ0v) is 14.6. The third kappa shape index (κ3) is 2.95. The Hall–Kier alpha value is -0.780. The summed E-state index contributed by atoms with van der Waals surface area (Å²) in [6.07, 6.45) is 0. The normalized spacial score (nSPS) is 12.6. The molecular formula is C16H13ClINS. The minimum atomic E-state index is 0.280. The van der Waals surface area contributed by atoms with Gasteiger partial charge in [-0.2, -0.15) is 0 Å². The molecule has 1 nitrogen and oxygen atoms in total. The van der Waals surface area contributed by atoms with Gasteiger partial charge in [-0.15, -0.1) is 11.3 Å². The number of halogens is 2. The molecule has 0 aliphatic heterocycles. The predicted octanol–water partition coefficient (Wildman–Crippen LogP) is 6.33. The summed E-state index contributed by atoms with van der Waals surface area (Å²) in [5.41, 5.74) is 1.12. The van der Waals surface area contributed by atoms with Crippen LogP contribution in [-0.2, 0) is 0 Å². The lowest BCUT2D eigenvalue weighted by Gasteiger charge is -2.15. The summed E-state index contributed by atoms with van der Waals surface area (Å²) in [6, 6.07) is 17.0. The first-order valence-corrected chi connectivity index (χ1v) is 8.61. The van der Waals surface area contributed by atoms with Crippen molar-refractivity contribution in [3.05, 3.63) is 62.0 Å². The molecule has 0 spiro atoms. The number of rotatable bonds is 3. The van der Waals surface area contributed by atoms with E-state index in [1.54, 1.807) is 0 Å². The molecule has 0 fully saturated rings. The van der Waals surface area contributed by atoms with Crippen molar-refractivity contribution >= 4 is 61.3 Å². The Labute approximate surface area is 141 Å². The van der Waals surface area contributed by atoms with Crippen molar-refractivity contribution in [2.24, 2.45) is 0 Å². The Kier molecular flexibility index (Phi) is 4.19. The third-order valence-corrected chi connectivity index (χ3v) is 5.60. The molecule has 0 bridgehead atoms.